The molecule has 2 amide bonds. The van der Waals surface area contributed by atoms with E-state index in [1.54, 1.807) is 43.5 Å². The number of hydrogen-bond donors (Lipinski definition) is 1. The van der Waals surface area contributed by atoms with Crippen molar-refractivity contribution in [3.05, 3.63) is 54.7 Å². The zero-order valence-electron chi connectivity index (χ0n) is 40.0. The number of aromatic nitrogens is 2. The standard InChI is InChI=1S/C50H63F3N4O10S/c1-9-31-20-30(4)12-10-11-13-33-25-49(33,46(61)56-68(62,63)48(7)18-19-48)26-42(58)41-23-36(28-57(41)45(60)38(31)24-43(59)67-47(5,6)50(51,52)53)66-44-37-16-14-34(64-8)21-32(37)22-40(55-44)39-17-15-35(27-54-39)65-29(2)3/h11,13-17,21-22,27,29-31,33,36,38,41H,9-10,12,18-20,23-26,28H2,1-8H3,(H,56,61)/b13-11-/t30-,31+,33+,36+,38-,41-,49+/m0/s1. The van der Waals surface area contributed by atoms with Crippen molar-refractivity contribution in [1.29, 1.82) is 0 Å². The van der Waals surface area contributed by atoms with Crippen LogP contribution in [0.3, 0.4) is 0 Å². The molecule has 4 heterocycles. The Morgan fingerprint density at radius 3 is 2.38 bits per heavy atom. The Hall–Kier alpha value is -5.26. The highest BCUT2D eigenvalue weighted by Gasteiger charge is 2.63. The van der Waals surface area contributed by atoms with E-state index in [1.807, 2.05) is 45.9 Å². The highest BCUT2D eigenvalue weighted by Crippen LogP contribution is 2.58. The number of carbonyl (C=O) groups is 4. The lowest BCUT2D eigenvalue weighted by Gasteiger charge is -2.34. The fourth-order valence-corrected chi connectivity index (χ4v) is 10.8. The number of benzene rings is 1. The van der Waals surface area contributed by atoms with Crippen molar-refractivity contribution in [3.63, 3.8) is 0 Å². The van der Waals surface area contributed by atoms with E-state index in [-0.39, 0.29) is 37.3 Å². The maximum atomic E-state index is 15.3. The normalized spacial score (nSPS) is 27.0. The molecule has 68 heavy (non-hydrogen) atoms. The van der Waals surface area contributed by atoms with Crippen LogP contribution in [0.1, 0.15) is 113 Å². The van der Waals surface area contributed by atoms with Gasteiger partial charge in [0.25, 0.3) is 0 Å². The molecule has 2 aromatic heterocycles. The van der Waals surface area contributed by atoms with Gasteiger partial charge in [-0.3, -0.25) is 28.9 Å². The first-order valence-electron chi connectivity index (χ1n) is 23.5. The summed E-state index contributed by atoms with van der Waals surface area (Å²) in [6, 6.07) is 9.45. The van der Waals surface area contributed by atoms with E-state index in [0.717, 1.165) is 13.8 Å². The molecule has 14 nitrogen and oxygen atoms in total. The summed E-state index contributed by atoms with van der Waals surface area (Å²) in [6.45, 7) is 10.5. The van der Waals surface area contributed by atoms with Crippen LogP contribution >= 0.6 is 0 Å². The Morgan fingerprint density at radius 1 is 1.03 bits per heavy atom. The number of esters is 1. The summed E-state index contributed by atoms with van der Waals surface area (Å²) in [5.41, 5.74) is -3.32. The number of carbonyl (C=O) groups excluding carboxylic acids is 4. The maximum absolute atomic E-state index is 15.3. The van der Waals surface area contributed by atoms with Crippen molar-refractivity contribution in [2.45, 2.75) is 147 Å². The Bertz CT molecular complexity index is 2550. The van der Waals surface area contributed by atoms with E-state index >= 15 is 4.79 Å². The summed E-state index contributed by atoms with van der Waals surface area (Å²) in [5, 5.41) is 1.27. The number of ether oxygens (including phenoxy) is 4. The average Bonchev–Trinajstić information content (AvgIpc) is 4.15. The highest BCUT2D eigenvalue weighted by molar-refractivity contribution is 7.91. The second-order valence-corrected chi connectivity index (χ2v) is 22.4. The second-order valence-electron chi connectivity index (χ2n) is 20.2. The van der Waals surface area contributed by atoms with E-state index in [9.17, 15) is 36.0 Å². The van der Waals surface area contributed by atoms with Gasteiger partial charge < -0.3 is 23.8 Å². The van der Waals surface area contributed by atoms with Crippen molar-refractivity contribution in [2.75, 3.05) is 13.7 Å². The predicted molar refractivity (Wildman–Crippen MR) is 247 cm³/mol. The first-order chi connectivity index (χ1) is 31.9. The molecule has 4 aliphatic rings. The van der Waals surface area contributed by atoms with Gasteiger partial charge in [-0.25, -0.2) is 13.4 Å². The van der Waals surface area contributed by atoms with Gasteiger partial charge in [0.1, 0.15) is 17.6 Å². The summed E-state index contributed by atoms with van der Waals surface area (Å²) in [5.74, 6) is -4.01. The Labute approximate surface area is 396 Å². The quantitative estimate of drug-likeness (QED) is 0.127. The van der Waals surface area contributed by atoms with Crippen LogP contribution in [0, 0.1) is 29.1 Å². The third-order valence-electron chi connectivity index (χ3n) is 14.2. The number of sulfonamides is 1. The lowest BCUT2D eigenvalue weighted by atomic mass is 9.79. The lowest BCUT2D eigenvalue weighted by molar-refractivity contribution is -0.257. The van der Waals surface area contributed by atoms with E-state index in [1.165, 1.54) is 12.0 Å². The molecule has 2 aliphatic heterocycles. The number of amides is 2. The second kappa shape index (κ2) is 19.3. The SMILES string of the molecule is CC[C@@H]1C[C@@H](C)CC/C=C\[C@@H]2C[C@@]2(C(=O)NS(=O)(=O)C2(C)CC2)CC(=O)[C@@H]2C[C@@H](Oc3nc(-c4ccc(OC(C)C)cn4)cc4cc(OC)ccc34)CN2C(=O)[C@H]1CC(=O)OC(C)(C)C(F)(F)F. The summed E-state index contributed by atoms with van der Waals surface area (Å²) in [7, 11) is -2.53. The number of nitrogens with one attached hydrogen (secondary N) is 1. The summed E-state index contributed by atoms with van der Waals surface area (Å²) in [4.78, 5) is 68.8. The number of alkyl halides is 3. The minimum Gasteiger partial charge on any atom is -0.497 e. The molecule has 18 heteroatoms. The van der Waals surface area contributed by atoms with E-state index in [4.69, 9.17) is 23.9 Å². The minimum absolute atomic E-state index is 0.00452. The van der Waals surface area contributed by atoms with Crippen molar-refractivity contribution in [2.24, 2.45) is 29.1 Å². The molecule has 1 aromatic carbocycles. The molecule has 2 aliphatic carbocycles. The van der Waals surface area contributed by atoms with Crippen LogP contribution in [-0.2, 0) is 33.9 Å². The summed E-state index contributed by atoms with van der Waals surface area (Å²) in [6.07, 6.45) is 1.41. The number of allylic oxidation sites excluding steroid dienone is 2. The van der Waals surface area contributed by atoms with Gasteiger partial charge in [0.05, 0.1) is 65.9 Å². The largest absolute Gasteiger partial charge is 0.497 e. The number of pyridine rings is 2. The molecule has 0 bridgehead atoms. The fraction of sp³-hybridized carbons (Fsp3) is 0.600. The molecule has 0 unspecified atom stereocenters. The van der Waals surface area contributed by atoms with Crippen LogP contribution in [0.25, 0.3) is 22.2 Å². The fourth-order valence-electron chi connectivity index (χ4n) is 9.49. The van der Waals surface area contributed by atoms with Crippen LogP contribution in [-0.4, -0.2) is 95.3 Å². The zero-order chi connectivity index (χ0) is 49.6. The number of rotatable bonds is 13. The number of hydrogen-bond acceptors (Lipinski definition) is 12. The van der Waals surface area contributed by atoms with Crippen molar-refractivity contribution in [3.8, 4) is 28.8 Å². The number of nitrogens with zero attached hydrogens (tertiary/aromatic N) is 3. The van der Waals surface area contributed by atoms with Crippen molar-refractivity contribution in [1.82, 2.24) is 19.6 Å². The van der Waals surface area contributed by atoms with E-state index in [0.29, 0.717) is 72.2 Å². The maximum Gasteiger partial charge on any atom is 0.427 e. The summed E-state index contributed by atoms with van der Waals surface area (Å²) >= 11 is 0. The molecule has 7 atom stereocenters. The molecule has 1 N–H and O–H groups in total. The molecule has 370 valence electrons. The Balaban J connectivity index is 1.28. The monoisotopic (exact) mass is 968 g/mol. The smallest absolute Gasteiger partial charge is 0.427 e. The van der Waals surface area contributed by atoms with Crippen LogP contribution in [0.2, 0.25) is 0 Å². The molecule has 1 saturated heterocycles. The number of halogens is 3. The van der Waals surface area contributed by atoms with Crippen LogP contribution < -0.4 is 18.9 Å². The number of fused-ring (bicyclic) bond motifs is 3. The van der Waals surface area contributed by atoms with Gasteiger partial charge in [-0.15, -0.1) is 0 Å². The molecule has 3 fully saturated rings. The molecule has 2 saturated carbocycles. The molecular formula is C50H63F3N4O10S. The number of Topliss-reactive ketones (excluding diaryl/α,β-unsaturated/α-hetero) is 1. The Morgan fingerprint density at radius 2 is 1.75 bits per heavy atom. The molecule has 7 rings (SSSR count). The molecular weight excluding hydrogens is 906 g/mol. The minimum atomic E-state index is -4.89. The third kappa shape index (κ3) is 10.8. The van der Waals surface area contributed by atoms with Crippen LogP contribution in [0.5, 0.6) is 17.4 Å². The number of methoxy groups -OCH3 is 1. The molecule has 3 aromatic rings. The molecule has 0 spiro atoms. The van der Waals surface area contributed by atoms with Gasteiger partial charge in [-0.05, 0) is 133 Å². The zero-order valence-corrected chi connectivity index (χ0v) is 40.8. The first-order valence-corrected chi connectivity index (χ1v) is 25.0. The van der Waals surface area contributed by atoms with Gasteiger partial charge in [-0.2, -0.15) is 13.2 Å². The van der Waals surface area contributed by atoms with Gasteiger partial charge in [0.2, 0.25) is 33.3 Å². The van der Waals surface area contributed by atoms with Gasteiger partial charge in [0.15, 0.2) is 5.78 Å². The van der Waals surface area contributed by atoms with Crippen LogP contribution in [0.4, 0.5) is 13.2 Å². The first kappa shape index (κ1) is 50.6. The molecule has 0 radical (unpaired) electrons. The number of ketones is 1. The van der Waals surface area contributed by atoms with Crippen molar-refractivity contribution < 1.29 is 59.7 Å². The predicted octanol–water partition coefficient (Wildman–Crippen LogP) is 8.70. The van der Waals surface area contributed by atoms with Gasteiger partial charge in [-0.1, -0.05) is 32.4 Å². The summed E-state index contributed by atoms with van der Waals surface area (Å²) < 4.78 is 93.0. The topological polar surface area (TPSA) is 180 Å². The third-order valence-corrected chi connectivity index (χ3v) is 16.4. The van der Waals surface area contributed by atoms with E-state index in [2.05, 4.69) is 9.71 Å². The average molecular weight is 969 g/mol. The lowest BCUT2D eigenvalue weighted by Crippen LogP contribution is -2.49. The van der Waals surface area contributed by atoms with Crippen molar-refractivity contribution >= 4 is 44.4 Å². The van der Waals surface area contributed by atoms with Gasteiger partial charge in [0, 0.05) is 18.2 Å². The highest BCUT2D eigenvalue weighted by atomic mass is 32.2. The van der Waals surface area contributed by atoms with E-state index < -0.39 is 98.3 Å². The van der Waals surface area contributed by atoms with Gasteiger partial charge >= 0.3 is 12.1 Å². The Kier molecular flexibility index (Phi) is 14.3. The van der Waals surface area contributed by atoms with Crippen LogP contribution in [0.15, 0.2) is 54.7 Å².